The predicted molar refractivity (Wildman–Crippen MR) is 80.9 cm³/mol. The average molecular weight is 269 g/mol. The second kappa shape index (κ2) is 5.65. The van der Waals surface area contributed by atoms with E-state index in [2.05, 4.69) is 66.9 Å². The Morgan fingerprint density at radius 3 is 2.38 bits per heavy atom. The zero-order valence-electron chi connectivity index (χ0n) is 10.1. The summed E-state index contributed by atoms with van der Waals surface area (Å²) < 4.78 is 0.904. The van der Waals surface area contributed by atoms with Crippen molar-refractivity contribution >= 4 is 31.6 Å². The molecule has 0 amide bonds. The minimum atomic E-state index is -1.12. The largest absolute Gasteiger partial charge is 0.151 e. The average Bonchev–Trinajstić information content (AvgIpc) is 2.31. The SMILES string of the molecule is C[Si](C)(Cc1ccccc1)C1SCCCS1. The van der Waals surface area contributed by atoms with Crippen LogP contribution in [0.3, 0.4) is 0 Å². The van der Waals surface area contributed by atoms with Gasteiger partial charge in [-0.25, -0.2) is 0 Å². The lowest BCUT2D eigenvalue weighted by atomic mass is 10.2. The molecule has 1 aromatic carbocycles. The Morgan fingerprint density at radius 1 is 1.12 bits per heavy atom. The van der Waals surface area contributed by atoms with E-state index < -0.39 is 8.07 Å². The molecule has 2 rings (SSSR count). The minimum absolute atomic E-state index is 0.904. The molecule has 0 aliphatic carbocycles. The summed E-state index contributed by atoms with van der Waals surface area (Å²) in [5, 5.41) is 0. The summed E-state index contributed by atoms with van der Waals surface area (Å²) >= 11 is 4.43. The molecule has 3 heteroatoms. The van der Waals surface area contributed by atoms with Gasteiger partial charge in [0.15, 0.2) is 0 Å². The van der Waals surface area contributed by atoms with Crippen LogP contribution in [-0.4, -0.2) is 23.8 Å². The molecule has 0 nitrogen and oxygen atoms in total. The van der Waals surface area contributed by atoms with Crippen molar-refractivity contribution in [1.29, 1.82) is 0 Å². The lowest BCUT2D eigenvalue weighted by Crippen LogP contribution is -2.41. The molecule has 1 aromatic rings. The Balaban J connectivity index is 2.01. The van der Waals surface area contributed by atoms with E-state index in [9.17, 15) is 0 Å². The zero-order chi connectivity index (χ0) is 11.4. The van der Waals surface area contributed by atoms with Gasteiger partial charge in [-0.05, 0) is 24.0 Å². The van der Waals surface area contributed by atoms with E-state index in [1.54, 1.807) is 0 Å². The molecule has 0 spiro atoms. The minimum Gasteiger partial charge on any atom is -0.151 e. The van der Waals surface area contributed by atoms with E-state index in [0.29, 0.717) is 0 Å². The standard InChI is InChI=1S/C13H20S2Si/c1-16(2,13-14-9-6-10-15-13)11-12-7-4-3-5-8-12/h3-5,7-8,13H,6,9-11H2,1-2H3. The maximum atomic E-state index is 2.55. The van der Waals surface area contributed by atoms with Crippen LogP contribution in [0.1, 0.15) is 12.0 Å². The van der Waals surface area contributed by atoms with Crippen LogP contribution in [0.25, 0.3) is 0 Å². The van der Waals surface area contributed by atoms with E-state index in [1.165, 1.54) is 29.5 Å². The summed E-state index contributed by atoms with van der Waals surface area (Å²) in [6.07, 6.45) is 1.40. The van der Waals surface area contributed by atoms with Gasteiger partial charge in [0.25, 0.3) is 0 Å². The van der Waals surface area contributed by atoms with Crippen LogP contribution >= 0.6 is 23.5 Å². The number of thioether (sulfide) groups is 2. The summed E-state index contributed by atoms with van der Waals surface area (Å²) in [6, 6.07) is 12.3. The monoisotopic (exact) mass is 268 g/mol. The highest BCUT2D eigenvalue weighted by Crippen LogP contribution is 2.38. The summed E-state index contributed by atoms with van der Waals surface area (Å²) in [7, 11) is -1.12. The maximum absolute atomic E-state index is 2.55. The second-order valence-corrected chi connectivity index (χ2v) is 13.5. The van der Waals surface area contributed by atoms with Crippen LogP contribution < -0.4 is 0 Å². The Hall–Kier alpha value is 0.137. The van der Waals surface area contributed by atoms with Gasteiger partial charge in [0.05, 0.1) is 8.07 Å². The Labute approximate surface area is 109 Å². The fraction of sp³-hybridized carbons (Fsp3) is 0.538. The molecule has 0 unspecified atom stereocenters. The van der Waals surface area contributed by atoms with Crippen LogP contribution in [0.4, 0.5) is 0 Å². The first-order valence-corrected chi connectivity index (χ1v) is 11.3. The first-order valence-electron chi connectivity index (χ1n) is 5.96. The van der Waals surface area contributed by atoms with E-state index in [1.807, 2.05) is 0 Å². The molecular weight excluding hydrogens is 248 g/mol. The van der Waals surface area contributed by atoms with Crippen molar-refractivity contribution in [3.8, 4) is 0 Å². The van der Waals surface area contributed by atoms with Crippen LogP contribution in [0.5, 0.6) is 0 Å². The van der Waals surface area contributed by atoms with Gasteiger partial charge < -0.3 is 0 Å². The highest BCUT2D eigenvalue weighted by molar-refractivity contribution is 8.20. The number of hydrogen-bond acceptors (Lipinski definition) is 2. The Morgan fingerprint density at radius 2 is 1.75 bits per heavy atom. The summed E-state index contributed by atoms with van der Waals surface area (Å²) in [4.78, 5) is 0. The molecule has 0 N–H and O–H groups in total. The second-order valence-electron chi connectivity index (χ2n) is 5.08. The summed E-state index contributed by atoms with van der Waals surface area (Å²) in [5.74, 6) is 2.76. The van der Waals surface area contributed by atoms with Gasteiger partial charge in [0.1, 0.15) is 0 Å². The van der Waals surface area contributed by atoms with Gasteiger partial charge >= 0.3 is 0 Å². The van der Waals surface area contributed by atoms with Gasteiger partial charge in [-0.15, -0.1) is 0 Å². The van der Waals surface area contributed by atoms with Gasteiger partial charge in [-0.1, -0.05) is 49.0 Å². The van der Waals surface area contributed by atoms with Gasteiger partial charge in [0, 0.05) is 4.21 Å². The quantitative estimate of drug-likeness (QED) is 0.753. The highest BCUT2D eigenvalue weighted by Gasteiger charge is 2.33. The molecule has 1 heterocycles. The third-order valence-corrected chi connectivity index (χ3v) is 12.9. The van der Waals surface area contributed by atoms with Crippen molar-refractivity contribution in [3.63, 3.8) is 0 Å². The van der Waals surface area contributed by atoms with Gasteiger partial charge in [-0.2, -0.15) is 23.5 Å². The third kappa shape index (κ3) is 3.31. The van der Waals surface area contributed by atoms with Crippen molar-refractivity contribution < 1.29 is 0 Å². The van der Waals surface area contributed by atoms with Gasteiger partial charge in [0.2, 0.25) is 0 Å². The number of rotatable bonds is 3. The fourth-order valence-corrected chi connectivity index (χ4v) is 10.6. The molecule has 0 radical (unpaired) electrons. The number of hydrogen-bond donors (Lipinski definition) is 0. The highest BCUT2D eigenvalue weighted by atomic mass is 32.2. The molecule has 0 bridgehead atoms. The third-order valence-electron chi connectivity index (χ3n) is 2.97. The van der Waals surface area contributed by atoms with E-state index in [-0.39, 0.29) is 0 Å². The van der Waals surface area contributed by atoms with Gasteiger partial charge in [-0.3, -0.25) is 0 Å². The Bertz CT molecular complexity index is 318. The molecule has 0 atom stereocenters. The van der Waals surface area contributed by atoms with Crippen LogP contribution in [0, 0.1) is 0 Å². The van der Waals surface area contributed by atoms with Crippen LogP contribution in [0.15, 0.2) is 30.3 Å². The summed E-state index contributed by atoms with van der Waals surface area (Å²) in [6.45, 7) is 5.10. The molecule has 1 fully saturated rings. The lowest BCUT2D eigenvalue weighted by molar-refractivity contribution is 1.11. The van der Waals surface area contributed by atoms with Crippen LogP contribution in [-0.2, 0) is 6.04 Å². The van der Waals surface area contributed by atoms with Crippen molar-refractivity contribution in [3.05, 3.63) is 35.9 Å². The molecule has 1 aliphatic heterocycles. The van der Waals surface area contributed by atoms with Crippen molar-refractivity contribution in [1.82, 2.24) is 0 Å². The van der Waals surface area contributed by atoms with Crippen molar-refractivity contribution in [2.24, 2.45) is 0 Å². The van der Waals surface area contributed by atoms with E-state index >= 15 is 0 Å². The first-order chi connectivity index (χ1) is 7.68. The topological polar surface area (TPSA) is 0 Å². The van der Waals surface area contributed by atoms with Crippen LogP contribution in [0.2, 0.25) is 13.1 Å². The molecular formula is C13H20S2Si. The first kappa shape index (κ1) is 12.6. The molecule has 1 aliphatic rings. The van der Waals surface area contributed by atoms with Crippen molar-refractivity contribution in [2.45, 2.75) is 29.8 Å². The predicted octanol–water partition coefficient (Wildman–Crippen LogP) is 4.21. The smallest absolute Gasteiger partial charge is 0.0786 e. The molecule has 0 aromatic heterocycles. The van der Waals surface area contributed by atoms with E-state index in [0.717, 1.165) is 4.21 Å². The molecule has 88 valence electrons. The zero-order valence-corrected chi connectivity index (χ0v) is 12.7. The summed E-state index contributed by atoms with van der Waals surface area (Å²) in [5.41, 5.74) is 1.53. The normalized spacial score (nSPS) is 18.6. The molecule has 16 heavy (non-hydrogen) atoms. The lowest BCUT2D eigenvalue weighted by Gasteiger charge is -2.34. The molecule has 1 saturated heterocycles. The van der Waals surface area contributed by atoms with Crippen molar-refractivity contribution in [2.75, 3.05) is 11.5 Å². The maximum Gasteiger partial charge on any atom is 0.0786 e. The molecule has 0 saturated carbocycles. The van der Waals surface area contributed by atoms with E-state index in [4.69, 9.17) is 0 Å². The number of benzene rings is 1. The Kier molecular flexibility index (Phi) is 4.45. The fourth-order valence-electron chi connectivity index (χ4n) is 2.14.